The summed E-state index contributed by atoms with van der Waals surface area (Å²) in [4.78, 5) is 0. The Hall–Kier alpha value is -1.13. The van der Waals surface area contributed by atoms with Gasteiger partial charge in [0.25, 0.3) is 0 Å². The number of aliphatic hydroxyl groups excluding tert-OH is 1. The Bertz CT molecular complexity index is 361. The molecular weight excluding hydrogens is 214 g/mol. The lowest BCUT2D eigenvalue weighted by Crippen LogP contribution is -2.26. The van der Waals surface area contributed by atoms with E-state index in [4.69, 9.17) is 0 Å². The smallest absolute Gasteiger partial charge is 0.0538 e. The maximum Gasteiger partial charge on any atom is 0.0538 e. The molecule has 1 aliphatic carbocycles. The van der Waals surface area contributed by atoms with Crippen LogP contribution in [0.3, 0.4) is 0 Å². The first-order chi connectivity index (χ1) is 8.33. The van der Waals surface area contributed by atoms with Gasteiger partial charge in [0.05, 0.1) is 6.20 Å². The van der Waals surface area contributed by atoms with Crippen molar-refractivity contribution in [1.29, 1.82) is 0 Å². The molecule has 94 valence electrons. The third-order valence-corrected chi connectivity index (χ3v) is 3.63. The van der Waals surface area contributed by atoms with Crippen LogP contribution < -0.4 is 5.32 Å². The van der Waals surface area contributed by atoms with E-state index in [1.165, 1.54) is 24.8 Å². The predicted molar refractivity (Wildman–Crippen MR) is 68.2 cm³/mol. The molecule has 0 radical (unpaired) electrons. The number of rotatable bonds is 6. The third-order valence-electron chi connectivity index (χ3n) is 3.63. The van der Waals surface area contributed by atoms with Crippen LogP contribution in [0.15, 0.2) is 19.0 Å². The second-order valence-corrected chi connectivity index (χ2v) is 4.78. The zero-order valence-corrected chi connectivity index (χ0v) is 10.2. The van der Waals surface area contributed by atoms with E-state index in [0.717, 1.165) is 13.1 Å². The van der Waals surface area contributed by atoms with Crippen LogP contribution in [0, 0.1) is 11.8 Å². The van der Waals surface area contributed by atoms with Crippen molar-refractivity contribution in [2.24, 2.45) is 11.8 Å². The Morgan fingerprint density at radius 3 is 3.06 bits per heavy atom. The van der Waals surface area contributed by atoms with Gasteiger partial charge in [0.2, 0.25) is 0 Å². The monoisotopic (exact) mass is 235 g/mol. The standard InChI is InChI=1S/C13H21N3O/c1-2-16-9-11(7-15-16)6-14-8-12-4-3-5-13(12)10-17/h2,7,9,12-14,17H,1,3-6,8,10H2. The number of aromatic nitrogens is 2. The third kappa shape index (κ3) is 3.17. The van der Waals surface area contributed by atoms with Gasteiger partial charge in [-0.15, -0.1) is 0 Å². The molecule has 2 rings (SSSR count). The van der Waals surface area contributed by atoms with Gasteiger partial charge in [-0.05, 0) is 31.2 Å². The van der Waals surface area contributed by atoms with Crippen molar-refractivity contribution in [3.63, 3.8) is 0 Å². The summed E-state index contributed by atoms with van der Waals surface area (Å²) < 4.78 is 1.71. The average Bonchev–Trinajstić information content (AvgIpc) is 2.97. The highest BCUT2D eigenvalue weighted by Crippen LogP contribution is 2.30. The number of nitrogens with one attached hydrogen (secondary N) is 1. The lowest BCUT2D eigenvalue weighted by atomic mass is 9.97. The molecule has 1 aliphatic rings. The van der Waals surface area contributed by atoms with E-state index in [-0.39, 0.29) is 0 Å². The molecule has 0 amide bonds. The topological polar surface area (TPSA) is 50.1 Å². The Morgan fingerprint density at radius 1 is 1.53 bits per heavy atom. The van der Waals surface area contributed by atoms with E-state index in [2.05, 4.69) is 17.0 Å². The summed E-state index contributed by atoms with van der Waals surface area (Å²) in [6, 6.07) is 0. The second kappa shape index (κ2) is 5.98. The number of hydrogen-bond donors (Lipinski definition) is 2. The fraction of sp³-hybridized carbons (Fsp3) is 0.615. The summed E-state index contributed by atoms with van der Waals surface area (Å²) in [5, 5.41) is 16.8. The molecule has 0 aromatic carbocycles. The van der Waals surface area contributed by atoms with Crippen LogP contribution in [0.5, 0.6) is 0 Å². The van der Waals surface area contributed by atoms with E-state index >= 15 is 0 Å². The normalized spacial score (nSPS) is 24.1. The lowest BCUT2D eigenvalue weighted by molar-refractivity contribution is 0.192. The minimum Gasteiger partial charge on any atom is -0.396 e. The van der Waals surface area contributed by atoms with E-state index in [9.17, 15) is 5.11 Å². The highest BCUT2D eigenvalue weighted by molar-refractivity contribution is 5.17. The first-order valence-electron chi connectivity index (χ1n) is 6.30. The van der Waals surface area contributed by atoms with Crippen LogP contribution in [0.25, 0.3) is 6.20 Å². The molecule has 2 atom stereocenters. The summed E-state index contributed by atoms with van der Waals surface area (Å²) in [6.45, 7) is 5.82. The number of nitrogens with zero attached hydrogens (tertiary/aromatic N) is 2. The van der Waals surface area contributed by atoms with Crippen LogP contribution in [0.1, 0.15) is 24.8 Å². The van der Waals surface area contributed by atoms with Gasteiger partial charge in [0, 0.05) is 31.1 Å². The quantitative estimate of drug-likeness (QED) is 0.785. The van der Waals surface area contributed by atoms with Gasteiger partial charge in [0.15, 0.2) is 0 Å². The molecule has 2 N–H and O–H groups in total. The predicted octanol–water partition coefficient (Wildman–Crippen LogP) is 1.48. The summed E-state index contributed by atoms with van der Waals surface area (Å²) in [5.74, 6) is 1.13. The Morgan fingerprint density at radius 2 is 2.35 bits per heavy atom. The first kappa shape index (κ1) is 12.3. The van der Waals surface area contributed by atoms with Gasteiger partial charge < -0.3 is 10.4 Å². The van der Waals surface area contributed by atoms with Crippen LogP contribution in [-0.4, -0.2) is 28.0 Å². The van der Waals surface area contributed by atoms with E-state index in [1.54, 1.807) is 10.9 Å². The van der Waals surface area contributed by atoms with Crippen molar-refractivity contribution in [3.8, 4) is 0 Å². The van der Waals surface area contributed by atoms with Crippen LogP contribution in [0.4, 0.5) is 0 Å². The van der Waals surface area contributed by atoms with E-state index < -0.39 is 0 Å². The largest absolute Gasteiger partial charge is 0.396 e. The lowest BCUT2D eigenvalue weighted by Gasteiger charge is -2.17. The molecule has 1 saturated carbocycles. The zero-order chi connectivity index (χ0) is 12.1. The van der Waals surface area contributed by atoms with Gasteiger partial charge in [-0.3, -0.25) is 0 Å². The fourth-order valence-corrected chi connectivity index (χ4v) is 2.59. The molecule has 4 nitrogen and oxygen atoms in total. The molecule has 1 aromatic heterocycles. The van der Waals surface area contributed by atoms with Crippen molar-refractivity contribution >= 4 is 6.20 Å². The van der Waals surface area contributed by atoms with Crippen molar-refractivity contribution in [2.45, 2.75) is 25.8 Å². The van der Waals surface area contributed by atoms with Crippen LogP contribution in [0.2, 0.25) is 0 Å². The molecular formula is C13H21N3O. The number of hydrogen-bond acceptors (Lipinski definition) is 3. The van der Waals surface area contributed by atoms with E-state index in [0.29, 0.717) is 18.4 Å². The van der Waals surface area contributed by atoms with Crippen molar-refractivity contribution in [3.05, 3.63) is 24.5 Å². The second-order valence-electron chi connectivity index (χ2n) is 4.78. The summed E-state index contributed by atoms with van der Waals surface area (Å²) in [6.07, 6.45) is 9.18. The average molecular weight is 235 g/mol. The molecule has 1 fully saturated rings. The number of aliphatic hydroxyl groups is 1. The maximum atomic E-state index is 9.24. The molecule has 0 saturated heterocycles. The van der Waals surface area contributed by atoms with Gasteiger partial charge in [0.1, 0.15) is 0 Å². The molecule has 0 aliphatic heterocycles. The highest BCUT2D eigenvalue weighted by atomic mass is 16.3. The van der Waals surface area contributed by atoms with Gasteiger partial charge >= 0.3 is 0 Å². The fourth-order valence-electron chi connectivity index (χ4n) is 2.59. The summed E-state index contributed by atoms with van der Waals surface area (Å²) in [7, 11) is 0. The summed E-state index contributed by atoms with van der Waals surface area (Å²) >= 11 is 0. The first-order valence-corrected chi connectivity index (χ1v) is 6.30. The Balaban J connectivity index is 1.73. The molecule has 1 aromatic rings. The summed E-state index contributed by atoms with van der Waals surface area (Å²) in [5.41, 5.74) is 1.17. The molecule has 1 heterocycles. The molecule has 4 heteroatoms. The van der Waals surface area contributed by atoms with Gasteiger partial charge in [-0.25, -0.2) is 4.68 Å². The maximum absolute atomic E-state index is 9.24. The van der Waals surface area contributed by atoms with Crippen molar-refractivity contribution in [1.82, 2.24) is 15.1 Å². The van der Waals surface area contributed by atoms with Gasteiger partial charge in [-0.1, -0.05) is 13.0 Å². The molecule has 17 heavy (non-hydrogen) atoms. The van der Waals surface area contributed by atoms with E-state index in [1.807, 2.05) is 12.4 Å². The minimum absolute atomic E-state index is 0.334. The minimum atomic E-state index is 0.334. The Labute approximate surface area is 102 Å². The van der Waals surface area contributed by atoms with Crippen LogP contribution in [-0.2, 0) is 6.54 Å². The highest BCUT2D eigenvalue weighted by Gasteiger charge is 2.25. The van der Waals surface area contributed by atoms with Gasteiger partial charge in [-0.2, -0.15) is 5.10 Å². The molecule has 2 unspecified atom stereocenters. The van der Waals surface area contributed by atoms with Crippen molar-refractivity contribution < 1.29 is 5.11 Å². The van der Waals surface area contributed by atoms with Crippen molar-refractivity contribution in [2.75, 3.05) is 13.2 Å². The molecule has 0 spiro atoms. The van der Waals surface area contributed by atoms with Crippen LogP contribution >= 0.6 is 0 Å². The SMILES string of the molecule is C=Cn1cc(CNCC2CCCC2CO)cn1. The zero-order valence-electron chi connectivity index (χ0n) is 10.2. The Kier molecular flexibility index (Phi) is 4.34. The molecule has 0 bridgehead atoms.